The number of morpholine rings is 1. The van der Waals surface area contributed by atoms with E-state index in [2.05, 4.69) is 4.90 Å². The Morgan fingerprint density at radius 3 is 2.50 bits per heavy atom. The lowest BCUT2D eigenvalue weighted by Gasteiger charge is -2.28. The third-order valence-electron chi connectivity index (χ3n) is 2.32. The van der Waals surface area contributed by atoms with Crippen LogP contribution in [0.2, 0.25) is 0 Å². The topological polar surface area (TPSA) is 62.2 Å². The maximum absolute atomic E-state index is 10.9. The Hall–Kier alpha value is 0.0200. The average molecular weight is 322 g/mol. The van der Waals surface area contributed by atoms with E-state index < -0.39 is 9.89 Å². The number of hydroxylamine groups is 2. The molecule has 0 aromatic carbocycles. The molecule has 1 saturated heterocycles. The van der Waals surface area contributed by atoms with E-state index in [4.69, 9.17) is 49.5 Å². The predicted molar refractivity (Wildman–Crippen MR) is 68.2 cm³/mol. The van der Waals surface area contributed by atoms with Gasteiger partial charge in [0.25, 0.3) is 0 Å². The highest BCUT2D eigenvalue weighted by molar-refractivity contribution is 6.67. The molecule has 0 aromatic heterocycles. The molecule has 0 spiro atoms. The molecular formula is C9H15Cl3N2O4. The van der Waals surface area contributed by atoms with Gasteiger partial charge in [0.05, 0.1) is 19.8 Å². The first-order chi connectivity index (χ1) is 8.38. The van der Waals surface area contributed by atoms with Gasteiger partial charge in [0.15, 0.2) is 0 Å². The molecule has 0 aliphatic carbocycles. The van der Waals surface area contributed by atoms with Gasteiger partial charge in [-0.1, -0.05) is 34.8 Å². The predicted octanol–water partition coefficient (Wildman–Crippen LogP) is 1.60. The summed E-state index contributed by atoms with van der Waals surface area (Å²) in [5, 5.41) is 9.70. The van der Waals surface area contributed by atoms with Crippen LogP contribution in [0.1, 0.15) is 0 Å². The van der Waals surface area contributed by atoms with E-state index in [1.807, 2.05) is 0 Å². The van der Waals surface area contributed by atoms with Gasteiger partial charge in [-0.2, -0.15) is 5.06 Å². The molecule has 1 N–H and O–H groups in total. The van der Waals surface area contributed by atoms with Crippen molar-refractivity contribution < 1.29 is 19.5 Å². The fourth-order valence-corrected chi connectivity index (χ4v) is 1.57. The molecule has 1 heterocycles. The van der Waals surface area contributed by atoms with Crippen molar-refractivity contribution in [3.63, 3.8) is 0 Å². The molecule has 1 rings (SSSR count). The van der Waals surface area contributed by atoms with Crippen molar-refractivity contribution in [3.8, 4) is 0 Å². The first-order valence-electron chi connectivity index (χ1n) is 5.39. The molecule has 0 saturated carbocycles. The van der Waals surface area contributed by atoms with Gasteiger partial charge in [0.2, 0.25) is 3.79 Å². The third-order valence-corrected chi connectivity index (χ3v) is 2.65. The highest BCUT2D eigenvalue weighted by Crippen LogP contribution is 2.26. The smallest absolute Gasteiger partial charge is 0.431 e. The zero-order valence-corrected chi connectivity index (χ0v) is 11.9. The maximum atomic E-state index is 10.9. The van der Waals surface area contributed by atoms with Crippen LogP contribution in [0.3, 0.4) is 0 Å². The number of carboxylic acid groups (broad SMARTS) is 1. The summed E-state index contributed by atoms with van der Waals surface area (Å²) in [5.74, 6) is 0. The number of nitrogens with zero attached hydrogens (tertiary/aromatic N) is 2. The third kappa shape index (κ3) is 6.82. The van der Waals surface area contributed by atoms with Crippen LogP contribution in [0.25, 0.3) is 0 Å². The molecule has 0 unspecified atom stereocenters. The first-order valence-corrected chi connectivity index (χ1v) is 6.52. The molecule has 1 aliphatic rings. The van der Waals surface area contributed by atoms with Gasteiger partial charge in [-0.05, 0) is 0 Å². The van der Waals surface area contributed by atoms with Crippen LogP contribution in [0.15, 0.2) is 0 Å². The minimum absolute atomic E-state index is 0.191. The lowest BCUT2D eigenvalue weighted by atomic mass is 10.4. The van der Waals surface area contributed by atoms with Crippen LogP contribution in [0.5, 0.6) is 0 Å². The molecule has 1 fully saturated rings. The summed E-state index contributed by atoms with van der Waals surface area (Å²) in [6, 6.07) is 0. The summed E-state index contributed by atoms with van der Waals surface area (Å²) in [5.41, 5.74) is 0. The SMILES string of the molecule is O=C(O)N(CCN1CCOCC1)OCC(Cl)(Cl)Cl. The van der Waals surface area contributed by atoms with Gasteiger partial charge in [0.1, 0.15) is 6.61 Å². The number of amides is 1. The van der Waals surface area contributed by atoms with Crippen LogP contribution in [-0.4, -0.2) is 71.0 Å². The van der Waals surface area contributed by atoms with Gasteiger partial charge >= 0.3 is 6.09 Å². The molecule has 18 heavy (non-hydrogen) atoms. The van der Waals surface area contributed by atoms with Gasteiger partial charge in [-0.3, -0.25) is 9.74 Å². The molecule has 106 valence electrons. The van der Waals surface area contributed by atoms with E-state index >= 15 is 0 Å². The van der Waals surface area contributed by atoms with Gasteiger partial charge in [-0.25, -0.2) is 4.79 Å². The number of rotatable bonds is 5. The Labute approximate surface area is 120 Å². The highest BCUT2D eigenvalue weighted by atomic mass is 35.6. The van der Waals surface area contributed by atoms with E-state index in [0.29, 0.717) is 19.8 Å². The van der Waals surface area contributed by atoms with Crippen molar-refractivity contribution in [1.82, 2.24) is 9.96 Å². The lowest BCUT2D eigenvalue weighted by molar-refractivity contribution is -0.133. The second-order valence-electron chi connectivity index (χ2n) is 3.73. The fourth-order valence-electron chi connectivity index (χ4n) is 1.42. The van der Waals surface area contributed by atoms with Crippen molar-refractivity contribution in [1.29, 1.82) is 0 Å². The second-order valence-corrected chi connectivity index (χ2v) is 6.24. The number of carbonyl (C=O) groups is 1. The molecular weight excluding hydrogens is 306 g/mol. The monoisotopic (exact) mass is 320 g/mol. The minimum Gasteiger partial charge on any atom is -0.463 e. The summed E-state index contributed by atoms with van der Waals surface area (Å²) in [6.07, 6.45) is -1.21. The Balaban J connectivity index is 2.31. The molecule has 0 aromatic rings. The quantitative estimate of drug-likeness (QED) is 0.615. The molecule has 0 bridgehead atoms. The Morgan fingerprint density at radius 2 is 2.00 bits per heavy atom. The van der Waals surface area contributed by atoms with Crippen molar-refractivity contribution in [3.05, 3.63) is 0 Å². The lowest BCUT2D eigenvalue weighted by Crippen LogP contribution is -2.43. The minimum atomic E-state index is -1.63. The first kappa shape index (κ1) is 16.1. The van der Waals surface area contributed by atoms with Gasteiger partial charge < -0.3 is 9.84 Å². The summed E-state index contributed by atoms with van der Waals surface area (Å²) >= 11 is 16.5. The van der Waals surface area contributed by atoms with Crippen molar-refractivity contribution in [2.75, 3.05) is 46.0 Å². The standard InChI is InChI=1S/C9H15Cl3N2O4/c10-9(11,12)7-18-14(8(15)16)2-1-13-3-5-17-6-4-13/h1-7H2,(H,15,16). The summed E-state index contributed by atoms with van der Waals surface area (Å²) < 4.78 is 3.56. The van der Waals surface area contributed by atoms with Crippen LogP contribution in [-0.2, 0) is 9.57 Å². The Kier molecular flexibility index (Phi) is 6.76. The van der Waals surface area contributed by atoms with E-state index in [1.165, 1.54) is 0 Å². The summed E-state index contributed by atoms with van der Waals surface area (Å²) in [4.78, 5) is 17.9. The molecule has 1 amide bonds. The number of ether oxygens (including phenoxy) is 1. The number of halogens is 3. The molecule has 0 radical (unpaired) electrons. The van der Waals surface area contributed by atoms with Crippen LogP contribution >= 0.6 is 34.8 Å². The second kappa shape index (κ2) is 7.57. The molecule has 9 heteroatoms. The van der Waals surface area contributed by atoms with E-state index in [0.717, 1.165) is 18.2 Å². The Morgan fingerprint density at radius 1 is 1.39 bits per heavy atom. The zero-order valence-electron chi connectivity index (χ0n) is 9.65. The zero-order chi connectivity index (χ0) is 13.6. The number of alkyl halides is 3. The van der Waals surface area contributed by atoms with E-state index in [9.17, 15) is 4.79 Å². The molecule has 1 aliphatic heterocycles. The number of hydrogen-bond donors (Lipinski definition) is 1. The van der Waals surface area contributed by atoms with Gasteiger partial charge in [-0.15, -0.1) is 0 Å². The van der Waals surface area contributed by atoms with E-state index in [-0.39, 0.29) is 13.2 Å². The van der Waals surface area contributed by atoms with Crippen molar-refractivity contribution >= 4 is 40.9 Å². The Bertz CT molecular complexity index is 269. The maximum Gasteiger partial charge on any atom is 0.431 e. The van der Waals surface area contributed by atoms with Crippen LogP contribution in [0, 0.1) is 0 Å². The van der Waals surface area contributed by atoms with Crippen LogP contribution < -0.4 is 0 Å². The normalized spacial score (nSPS) is 17.7. The van der Waals surface area contributed by atoms with Crippen molar-refractivity contribution in [2.24, 2.45) is 0 Å². The highest BCUT2D eigenvalue weighted by Gasteiger charge is 2.24. The van der Waals surface area contributed by atoms with Gasteiger partial charge in [0, 0.05) is 19.6 Å². The average Bonchev–Trinajstić information content (AvgIpc) is 2.28. The van der Waals surface area contributed by atoms with Crippen LogP contribution in [0.4, 0.5) is 4.79 Å². The molecule has 0 atom stereocenters. The molecule has 6 nitrogen and oxygen atoms in total. The van der Waals surface area contributed by atoms with E-state index in [1.54, 1.807) is 0 Å². The summed E-state index contributed by atoms with van der Waals surface area (Å²) in [6.45, 7) is 3.29. The fraction of sp³-hybridized carbons (Fsp3) is 0.889. The number of hydrogen-bond acceptors (Lipinski definition) is 4. The van der Waals surface area contributed by atoms with Crippen molar-refractivity contribution in [2.45, 2.75) is 3.79 Å². The summed E-state index contributed by atoms with van der Waals surface area (Å²) in [7, 11) is 0. The largest absolute Gasteiger partial charge is 0.463 e.